The van der Waals surface area contributed by atoms with Crippen LogP contribution >= 0.6 is 0 Å². The van der Waals surface area contributed by atoms with Crippen LogP contribution in [0.25, 0.3) is 11.0 Å². The van der Waals surface area contributed by atoms with Crippen LogP contribution in [-0.4, -0.2) is 18.2 Å². The van der Waals surface area contributed by atoms with E-state index < -0.39 is 6.09 Å². The summed E-state index contributed by atoms with van der Waals surface area (Å²) in [4.78, 5) is 11.8. The molecule has 0 radical (unpaired) electrons. The zero-order valence-electron chi connectivity index (χ0n) is 7.60. The molecule has 1 aromatic heterocycles. The van der Waals surface area contributed by atoms with E-state index in [0.29, 0.717) is 5.69 Å². The summed E-state index contributed by atoms with van der Waals surface area (Å²) in [7, 11) is 1.50. The Bertz CT molecular complexity index is 475. The molecule has 0 saturated heterocycles. The molecular formula is C10H9NO3. The average Bonchev–Trinajstić information content (AvgIpc) is 2.62. The number of carbonyl (C=O) groups is 1. The van der Waals surface area contributed by atoms with Crippen molar-refractivity contribution in [2.45, 2.75) is 0 Å². The summed E-state index contributed by atoms with van der Waals surface area (Å²) in [6, 6.07) is 7.03. The summed E-state index contributed by atoms with van der Waals surface area (Å²) >= 11 is 0. The van der Waals surface area contributed by atoms with Gasteiger partial charge in [-0.15, -0.1) is 0 Å². The van der Waals surface area contributed by atoms with E-state index in [1.165, 1.54) is 7.05 Å². The standard InChI is InChI=1S/C10H9NO3/c1-11(10(12)13)8-2-3-9-7(6-8)4-5-14-9/h2-6H,1H3,(H,12,13). The Hall–Kier alpha value is -1.97. The maximum absolute atomic E-state index is 10.7. The molecule has 14 heavy (non-hydrogen) atoms. The van der Waals surface area contributed by atoms with Crippen LogP contribution in [0.5, 0.6) is 0 Å². The van der Waals surface area contributed by atoms with Gasteiger partial charge in [0, 0.05) is 18.1 Å². The maximum Gasteiger partial charge on any atom is 0.411 e. The number of anilines is 1. The number of nitrogens with zero attached hydrogens (tertiary/aromatic N) is 1. The van der Waals surface area contributed by atoms with Crippen LogP contribution in [0.4, 0.5) is 10.5 Å². The average molecular weight is 191 g/mol. The predicted octanol–water partition coefficient (Wildman–Crippen LogP) is 2.55. The normalized spacial score (nSPS) is 10.4. The minimum absolute atomic E-state index is 0.631. The van der Waals surface area contributed by atoms with Crippen molar-refractivity contribution in [3.05, 3.63) is 30.5 Å². The van der Waals surface area contributed by atoms with Gasteiger partial charge in [-0.1, -0.05) is 0 Å². The lowest BCUT2D eigenvalue weighted by Crippen LogP contribution is -2.23. The third-order valence-electron chi connectivity index (χ3n) is 2.11. The number of hydrogen-bond donors (Lipinski definition) is 1. The second kappa shape index (κ2) is 3.06. The first-order valence-electron chi connectivity index (χ1n) is 4.12. The van der Waals surface area contributed by atoms with Gasteiger partial charge in [0.05, 0.1) is 6.26 Å². The molecule has 1 heterocycles. The largest absolute Gasteiger partial charge is 0.465 e. The van der Waals surface area contributed by atoms with E-state index in [1.807, 2.05) is 0 Å². The molecule has 4 nitrogen and oxygen atoms in total. The Labute approximate surface area is 80.4 Å². The van der Waals surface area contributed by atoms with Gasteiger partial charge in [-0.25, -0.2) is 4.79 Å². The van der Waals surface area contributed by atoms with Gasteiger partial charge in [-0.05, 0) is 24.3 Å². The number of carboxylic acid groups (broad SMARTS) is 1. The number of fused-ring (bicyclic) bond motifs is 1. The highest BCUT2D eigenvalue weighted by atomic mass is 16.4. The molecule has 0 bridgehead atoms. The number of amides is 1. The maximum atomic E-state index is 10.7. The second-order valence-electron chi connectivity index (χ2n) is 2.98. The molecule has 2 rings (SSSR count). The monoisotopic (exact) mass is 191 g/mol. The van der Waals surface area contributed by atoms with Gasteiger partial charge < -0.3 is 9.52 Å². The van der Waals surface area contributed by atoms with Gasteiger partial charge in [0.2, 0.25) is 0 Å². The number of furan rings is 1. The van der Waals surface area contributed by atoms with Crippen LogP contribution in [0.15, 0.2) is 34.9 Å². The first-order chi connectivity index (χ1) is 6.68. The van der Waals surface area contributed by atoms with E-state index in [2.05, 4.69) is 0 Å². The lowest BCUT2D eigenvalue weighted by Gasteiger charge is -2.12. The van der Waals surface area contributed by atoms with E-state index in [4.69, 9.17) is 9.52 Å². The second-order valence-corrected chi connectivity index (χ2v) is 2.98. The van der Waals surface area contributed by atoms with E-state index in [1.54, 1.807) is 30.5 Å². The Balaban J connectivity index is 2.48. The predicted molar refractivity (Wildman–Crippen MR) is 52.6 cm³/mol. The van der Waals surface area contributed by atoms with Crippen LogP contribution in [0, 0.1) is 0 Å². The first-order valence-corrected chi connectivity index (χ1v) is 4.12. The highest BCUT2D eigenvalue weighted by Crippen LogP contribution is 2.22. The summed E-state index contributed by atoms with van der Waals surface area (Å²) in [5, 5.41) is 9.66. The van der Waals surface area contributed by atoms with Crippen molar-refractivity contribution in [3.63, 3.8) is 0 Å². The minimum Gasteiger partial charge on any atom is -0.465 e. The van der Waals surface area contributed by atoms with E-state index in [0.717, 1.165) is 15.9 Å². The summed E-state index contributed by atoms with van der Waals surface area (Å²) in [5.41, 5.74) is 1.39. The van der Waals surface area contributed by atoms with Gasteiger partial charge in [-0.2, -0.15) is 0 Å². The summed E-state index contributed by atoms with van der Waals surface area (Å²) in [6.07, 6.45) is 0.600. The fourth-order valence-electron chi connectivity index (χ4n) is 1.27. The van der Waals surface area contributed by atoms with Crippen molar-refractivity contribution < 1.29 is 14.3 Å². The molecule has 1 N–H and O–H groups in total. The summed E-state index contributed by atoms with van der Waals surface area (Å²) in [6.45, 7) is 0. The van der Waals surface area contributed by atoms with Gasteiger partial charge in [0.15, 0.2) is 0 Å². The number of rotatable bonds is 1. The van der Waals surface area contributed by atoms with Crippen molar-refractivity contribution >= 4 is 22.7 Å². The van der Waals surface area contributed by atoms with Crippen molar-refractivity contribution in [3.8, 4) is 0 Å². The van der Waals surface area contributed by atoms with Crippen LogP contribution in [0.3, 0.4) is 0 Å². The lowest BCUT2D eigenvalue weighted by atomic mass is 10.2. The third-order valence-corrected chi connectivity index (χ3v) is 2.11. The first kappa shape index (κ1) is 8.62. The topological polar surface area (TPSA) is 53.7 Å². The molecule has 0 atom stereocenters. The zero-order chi connectivity index (χ0) is 10.1. The molecule has 0 saturated carbocycles. The Morgan fingerprint density at radius 3 is 2.93 bits per heavy atom. The molecule has 0 fully saturated rings. The molecule has 4 heteroatoms. The molecular weight excluding hydrogens is 182 g/mol. The summed E-state index contributed by atoms with van der Waals surface area (Å²) in [5.74, 6) is 0. The van der Waals surface area contributed by atoms with Crippen LogP contribution < -0.4 is 4.90 Å². The Morgan fingerprint density at radius 1 is 1.43 bits per heavy atom. The Kier molecular flexibility index (Phi) is 1.89. The highest BCUT2D eigenvalue weighted by molar-refractivity contribution is 5.89. The van der Waals surface area contributed by atoms with Crippen molar-refractivity contribution in [2.24, 2.45) is 0 Å². The van der Waals surface area contributed by atoms with Crippen LogP contribution in [0.1, 0.15) is 0 Å². The molecule has 1 aromatic carbocycles. The van der Waals surface area contributed by atoms with Crippen molar-refractivity contribution in [1.82, 2.24) is 0 Å². The molecule has 2 aromatic rings. The minimum atomic E-state index is -0.979. The van der Waals surface area contributed by atoms with E-state index in [9.17, 15) is 4.79 Å². The SMILES string of the molecule is CN(C(=O)O)c1ccc2occc2c1. The van der Waals surface area contributed by atoms with Gasteiger partial charge in [-0.3, -0.25) is 4.90 Å². The number of benzene rings is 1. The fourth-order valence-corrected chi connectivity index (χ4v) is 1.27. The Morgan fingerprint density at radius 2 is 2.21 bits per heavy atom. The quantitative estimate of drug-likeness (QED) is 0.753. The molecule has 0 spiro atoms. The van der Waals surface area contributed by atoms with Gasteiger partial charge in [0.25, 0.3) is 0 Å². The van der Waals surface area contributed by atoms with E-state index >= 15 is 0 Å². The van der Waals surface area contributed by atoms with Crippen molar-refractivity contribution in [2.75, 3.05) is 11.9 Å². The molecule has 72 valence electrons. The smallest absolute Gasteiger partial charge is 0.411 e. The fraction of sp³-hybridized carbons (Fsp3) is 0.100. The summed E-state index contributed by atoms with van der Waals surface area (Å²) < 4.78 is 5.15. The van der Waals surface area contributed by atoms with Gasteiger partial charge in [0.1, 0.15) is 5.58 Å². The number of hydrogen-bond acceptors (Lipinski definition) is 2. The van der Waals surface area contributed by atoms with Crippen LogP contribution in [0.2, 0.25) is 0 Å². The zero-order valence-corrected chi connectivity index (χ0v) is 7.60. The molecule has 0 aliphatic carbocycles. The van der Waals surface area contributed by atoms with E-state index in [-0.39, 0.29) is 0 Å². The van der Waals surface area contributed by atoms with Crippen molar-refractivity contribution in [1.29, 1.82) is 0 Å². The molecule has 0 aliphatic rings. The van der Waals surface area contributed by atoms with Crippen LogP contribution in [-0.2, 0) is 0 Å². The molecule has 0 aliphatic heterocycles. The lowest BCUT2D eigenvalue weighted by molar-refractivity contribution is 0.203. The van der Waals surface area contributed by atoms with Gasteiger partial charge >= 0.3 is 6.09 Å². The molecule has 1 amide bonds. The molecule has 0 unspecified atom stereocenters. The third kappa shape index (κ3) is 1.31. The highest BCUT2D eigenvalue weighted by Gasteiger charge is 2.08.